The number of likely N-dealkylation sites (tertiary alicyclic amines) is 1. The molecule has 2 atom stereocenters. The number of nitrogens with one attached hydrogen (secondary N) is 1. The zero-order valence-electron chi connectivity index (χ0n) is 23.1. The Labute approximate surface area is 234 Å². The molecule has 2 aromatic carbocycles. The molecule has 1 saturated heterocycles. The monoisotopic (exact) mass is 569 g/mol. The maximum Gasteiger partial charge on any atom is 0.410 e. The van der Waals surface area contributed by atoms with Crippen LogP contribution in [0.1, 0.15) is 38.4 Å². The van der Waals surface area contributed by atoms with E-state index >= 15 is 0 Å². The lowest BCUT2D eigenvalue weighted by atomic mass is 9.86. The number of carbonyl (C=O) groups excluding carboxylic acids is 2. The van der Waals surface area contributed by atoms with Crippen molar-refractivity contribution in [1.82, 2.24) is 15.4 Å². The van der Waals surface area contributed by atoms with E-state index in [2.05, 4.69) is 4.98 Å². The number of ether oxygens (including phenoxy) is 2. The van der Waals surface area contributed by atoms with Crippen LogP contribution in [-0.2, 0) is 26.0 Å². The number of para-hydroxylation sites is 1. The normalized spacial score (nSPS) is 17.9. The van der Waals surface area contributed by atoms with Crippen molar-refractivity contribution in [3.63, 3.8) is 0 Å². The molecule has 2 amide bonds. The lowest BCUT2D eigenvalue weighted by Gasteiger charge is -2.37. The minimum atomic E-state index is -3.84. The van der Waals surface area contributed by atoms with E-state index in [-0.39, 0.29) is 36.8 Å². The molecule has 0 radical (unpaired) electrons. The molecule has 0 aliphatic carbocycles. The number of pyridine rings is 1. The third-order valence-electron chi connectivity index (χ3n) is 6.77. The summed E-state index contributed by atoms with van der Waals surface area (Å²) in [6.07, 6.45) is -0.377. The molecule has 4 rings (SSSR count). The third kappa shape index (κ3) is 7.08. The average Bonchev–Trinajstić information content (AvgIpc) is 2.90. The van der Waals surface area contributed by atoms with Crippen molar-refractivity contribution in [2.75, 3.05) is 18.8 Å². The van der Waals surface area contributed by atoms with Crippen molar-refractivity contribution in [2.45, 2.75) is 51.2 Å². The Balaban J connectivity index is 1.47. The highest BCUT2D eigenvalue weighted by molar-refractivity contribution is 7.91. The second-order valence-corrected chi connectivity index (χ2v) is 13.1. The van der Waals surface area contributed by atoms with Crippen LogP contribution in [0.3, 0.4) is 0 Å². The first-order chi connectivity index (χ1) is 18.9. The van der Waals surface area contributed by atoms with Gasteiger partial charge in [-0.1, -0.05) is 18.2 Å². The van der Waals surface area contributed by atoms with Gasteiger partial charge < -0.3 is 14.4 Å². The van der Waals surface area contributed by atoms with Gasteiger partial charge in [-0.2, -0.15) is 0 Å². The Bertz CT molecular complexity index is 1480. The van der Waals surface area contributed by atoms with Crippen LogP contribution in [0.25, 0.3) is 10.9 Å². The summed E-state index contributed by atoms with van der Waals surface area (Å²) in [5.74, 6) is -2.07. The Morgan fingerprint density at radius 1 is 1.12 bits per heavy atom. The number of benzene rings is 2. The van der Waals surface area contributed by atoms with E-state index in [0.29, 0.717) is 5.75 Å². The average molecular weight is 570 g/mol. The van der Waals surface area contributed by atoms with Crippen LogP contribution in [0.15, 0.2) is 59.5 Å². The Hall–Kier alpha value is -3.70. The zero-order valence-corrected chi connectivity index (χ0v) is 23.9. The van der Waals surface area contributed by atoms with Crippen LogP contribution < -0.4 is 10.2 Å². The number of aromatic nitrogens is 1. The zero-order chi connectivity index (χ0) is 29.1. The molecule has 214 valence electrons. The van der Waals surface area contributed by atoms with E-state index in [9.17, 15) is 23.2 Å². The number of rotatable bonds is 7. The number of hydrogen-bond acceptors (Lipinski definition) is 8. The van der Waals surface area contributed by atoms with Gasteiger partial charge in [0.1, 0.15) is 18.0 Å². The van der Waals surface area contributed by atoms with Crippen molar-refractivity contribution in [3.05, 3.63) is 65.9 Å². The van der Waals surface area contributed by atoms with Gasteiger partial charge in [-0.15, -0.1) is 0 Å². The van der Waals surface area contributed by atoms with Gasteiger partial charge in [-0.25, -0.2) is 18.7 Å². The summed E-state index contributed by atoms with van der Waals surface area (Å²) in [5, 5.41) is 10.2. The lowest BCUT2D eigenvalue weighted by molar-refractivity contribution is -0.136. The molecule has 2 heterocycles. The summed E-state index contributed by atoms with van der Waals surface area (Å²) in [6, 6.07) is 15.9. The van der Waals surface area contributed by atoms with Crippen LogP contribution >= 0.6 is 0 Å². The lowest BCUT2D eigenvalue weighted by Crippen LogP contribution is -2.51. The molecule has 1 aliphatic rings. The number of hydroxylamine groups is 1. The number of amides is 2. The summed E-state index contributed by atoms with van der Waals surface area (Å²) in [5.41, 5.74) is 3.64. The molecule has 1 aliphatic heterocycles. The molecule has 2 N–H and O–H groups in total. The highest BCUT2D eigenvalue weighted by atomic mass is 32.2. The fourth-order valence-corrected chi connectivity index (χ4v) is 6.56. The van der Waals surface area contributed by atoms with Crippen molar-refractivity contribution in [1.29, 1.82) is 0 Å². The van der Waals surface area contributed by atoms with Gasteiger partial charge in [0.25, 0.3) is 0 Å². The van der Waals surface area contributed by atoms with Gasteiger partial charge in [0.2, 0.25) is 5.91 Å². The van der Waals surface area contributed by atoms with Crippen molar-refractivity contribution in [2.24, 2.45) is 11.8 Å². The van der Waals surface area contributed by atoms with Gasteiger partial charge in [-0.3, -0.25) is 15.0 Å². The predicted octanol–water partition coefficient (Wildman–Crippen LogP) is 4.27. The molecule has 0 spiro atoms. The second-order valence-electron chi connectivity index (χ2n) is 11.0. The van der Waals surface area contributed by atoms with Crippen molar-refractivity contribution >= 4 is 32.7 Å². The van der Waals surface area contributed by atoms with Crippen molar-refractivity contribution < 1.29 is 32.7 Å². The number of aryl methyl sites for hydroxylation is 1. The molecule has 0 saturated carbocycles. The van der Waals surface area contributed by atoms with Gasteiger partial charge >= 0.3 is 6.09 Å². The molecular weight excluding hydrogens is 534 g/mol. The van der Waals surface area contributed by atoms with Crippen LogP contribution in [0.2, 0.25) is 0 Å². The van der Waals surface area contributed by atoms with Gasteiger partial charge in [0.05, 0.1) is 16.2 Å². The van der Waals surface area contributed by atoms with Gasteiger partial charge in [-0.05, 0) is 70.5 Å². The largest absolute Gasteiger partial charge is 0.489 e. The van der Waals surface area contributed by atoms with E-state index in [4.69, 9.17) is 9.47 Å². The quantitative estimate of drug-likeness (QED) is 0.318. The first-order valence-electron chi connectivity index (χ1n) is 13.1. The van der Waals surface area contributed by atoms with E-state index < -0.39 is 39.3 Å². The standard InChI is InChI=1S/C29H35N3O7S/c1-19-15-20(24-7-5-6-8-26(24)30-19)17-38-22-9-11-23(12-10-22)40(36,37)18-21-16-32(28(34)39-29(2,3)4)14-13-25(21)27(33)31-35/h5-12,15,21,25,35H,13-14,16-18H2,1-4H3,(H,31,33)/t21-,25-/m1/s1. The first-order valence-corrected chi connectivity index (χ1v) is 14.7. The highest BCUT2D eigenvalue weighted by Crippen LogP contribution is 2.29. The van der Waals surface area contributed by atoms with Crippen LogP contribution in [-0.4, -0.2) is 60.0 Å². The maximum atomic E-state index is 13.4. The molecule has 0 unspecified atom stereocenters. The number of sulfone groups is 1. The second kappa shape index (κ2) is 11.8. The van der Waals surface area contributed by atoms with Gasteiger partial charge in [0.15, 0.2) is 9.84 Å². The Kier molecular flexibility index (Phi) is 8.65. The van der Waals surface area contributed by atoms with Crippen molar-refractivity contribution in [3.8, 4) is 5.75 Å². The van der Waals surface area contributed by atoms with Gasteiger partial charge in [0, 0.05) is 41.6 Å². The number of piperidine rings is 1. The molecule has 40 heavy (non-hydrogen) atoms. The van der Waals surface area contributed by atoms with Crippen LogP contribution in [0, 0.1) is 18.8 Å². The number of fused-ring (bicyclic) bond motifs is 1. The summed E-state index contributed by atoms with van der Waals surface area (Å²) >= 11 is 0. The van der Waals surface area contributed by atoms with E-state index in [0.717, 1.165) is 22.2 Å². The maximum absolute atomic E-state index is 13.4. The Morgan fingerprint density at radius 2 is 1.82 bits per heavy atom. The predicted molar refractivity (Wildman–Crippen MR) is 149 cm³/mol. The van der Waals surface area contributed by atoms with E-state index in [1.807, 2.05) is 37.3 Å². The molecule has 0 bridgehead atoms. The third-order valence-corrected chi connectivity index (χ3v) is 8.63. The fourth-order valence-electron chi connectivity index (χ4n) is 4.92. The molecule has 3 aromatic rings. The molecular formula is C29H35N3O7S. The Morgan fingerprint density at radius 3 is 2.50 bits per heavy atom. The fraction of sp³-hybridized carbons (Fsp3) is 0.414. The molecule has 1 fully saturated rings. The minimum absolute atomic E-state index is 0.00668. The summed E-state index contributed by atoms with van der Waals surface area (Å²) in [6.45, 7) is 7.65. The molecule has 10 nitrogen and oxygen atoms in total. The van der Waals surface area contributed by atoms with Crippen LogP contribution in [0.5, 0.6) is 5.75 Å². The summed E-state index contributed by atoms with van der Waals surface area (Å²) in [7, 11) is -3.84. The smallest absolute Gasteiger partial charge is 0.410 e. The number of carbonyl (C=O) groups is 2. The molecule has 11 heteroatoms. The SMILES string of the molecule is Cc1cc(COc2ccc(S(=O)(=O)C[C@H]3CN(C(=O)OC(C)(C)C)CC[C@H]3C(=O)NO)cc2)c2ccccc2n1. The number of hydrogen-bond donors (Lipinski definition) is 2. The summed E-state index contributed by atoms with van der Waals surface area (Å²) in [4.78, 5) is 31.0. The minimum Gasteiger partial charge on any atom is -0.489 e. The molecule has 1 aromatic heterocycles. The van der Waals surface area contributed by atoms with E-state index in [1.54, 1.807) is 38.4 Å². The van der Waals surface area contributed by atoms with E-state index in [1.165, 1.54) is 17.0 Å². The summed E-state index contributed by atoms with van der Waals surface area (Å²) < 4.78 is 38.1. The van der Waals surface area contributed by atoms with Crippen LogP contribution in [0.4, 0.5) is 4.79 Å². The number of nitrogens with zero attached hydrogens (tertiary/aromatic N) is 2. The first kappa shape index (κ1) is 29.3. The topological polar surface area (TPSA) is 135 Å². The highest BCUT2D eigenvalue weighted by Gasteiger charge is 2.39.